The highest BCUT2D eigenvalue weighted by Gasteiger charge is 2.57. The van der Waals surface area contributed by atoms with Gasteiger partial charge in [0.05, 0.1) is 12.2 Å². The summed E-state index contributed by atoms with van der Waals surface area (Å²) in [5.41, 5.74) is 7.02. The smallest absolute Gasteiger partial charge is 0.339 e. The van der Waals surface area contributed by atoms with Crippen LogP contribution in [0, 0.1) is 11.8 Å². The van der Waals surface area contributed by atoms with Crippen LogP contribution in [0.3, 0.4) is 0 Å². The second-order valence-corrected chi connectivity index (χ2v) is 18.5. The molecule has 1 saturated carbocycles. The lowest BCUT2D eigenvalue weighted by Gasteiger charge is -2.48. The minimum Gasteiger partial charge on any atom is -0.483 e. The van der Waals surface area contributed by atoms with Crippen molar-refractivity contribution in [1.82, 2.24) is 0 Å². The molecule has 8 heteroatoms. The van der Waals surface area contributed by atoms with Gasteiger partial charge in [-0.15, -0.1) is 0 Å². The van der Waals surface area contributed by atoms with E-state index in [0.717, 1.165) is 55.2 Å². The van der Waals surface area contributed by atoms with Crippen molar-refractivity contribution in [1.29, 1.82) is 0 Å². The Balaban J connectivity index is 1.14. The summed E-state index contributed by atoms with van der Waals surface area (Å²) in [5.74, 6) is -0.423. The molecule has 5 aliphatic rings. The van der Waals surface area contributed by atoms with Crippen molar-refractivity contribution in [2.24, 2.45) is 11.8 Å². The van der Waals surface area contributed by atoms with Gasteiger partial charge in [-0.05, 0) is 111 Å². The van der Waals surface area contributed by atoms with E-state index in [4.69, 9.17) is 23.4 Å². The van der Waals surface area contributed by atoms with Crippen molar-refractivity contribution in [3.8, 4) is 5.75 Å². The van der Waals surface area contributed by atoms with Gasteiger partial charge >= 0.3 is 17.6 Å². The SMILES string of the molecule is COCCc1cc2ccc3c(c2oc1=O)[C@H]1OC(=O)C[C@@H]2C[C@H](c4cccc(Cc5ccccc5)c4)C=C[C@H]2c2ccc(cc2)CCC(=C(C)C)C(=O)O[C@@H]1[C@](C)(C1CCCC1)O3. The predicted molar refractivity (Wildman–Crippen MR) is 244 cm³/mol. The van der Waals surface area contributed by atoms with Crippen molar-refractivity contribution in [2.75, 3.05) is 13.7 Å². The molecule has 63 heavy (non-hydrogen) atoms. The molecule has 0 saturated heterocycles. The van der Waals surface area contributed by atoms with Crippen LogP contribution in [0.4, 0.5) is 0 Å². The van der Waals surface area contributed by atoms with Gasteiger partial charge in [0.15, 0.2) is 12.2 Å². The summed E-state index contributed by atoms with van der Waals surface area (Å²) in [6.45, 7) is 6.23. The number of fused-ring (bicyclic) bond motifs is 11. The summed E-state index contributed by atoms with van der Waals surface area (Å²) < 4.78 is 32.0. The molecule has 3 aliphatic heterocycles. The summed E-state index contributed by atoms with van der Waals surface area (Å²) in [7, 11) is 1.59. The van der Waals surface area contributed by atoms with Gasteiger partial charge < -0.3 is 23.4 Å². The topological polar surface area (TPSA) is 101 Å². The summed E-state index contributed by atoms with van der Waals surface area (Å²) in [4.78, 5) is 43.2. The number of esters is 2. The number of aryl methyl sites for hydroxylation is 1. The highest BCUT2D eigenvalue weighted by molar-refractivity contribution is 5.90. The third kappa shape index (κ3) is 8.80. The van der Waals surface area contributed by atoms with Crippen molar-refractivity contribution < 1.29 is 33.0 Å². The van der Waals surface area contributed by atoms with E-state index in [2.05, 4.69) is 84.9 Å². The molecule has 2 bridgehead atoms. The molecule has 5 aromatic rings. The molecule has 4 heterocycles. The lowest BCUT2D eigenvalue weighted by atomic mass is 9.72. The Morgan fingerprint density at radius 3 is 2.35 bits per heavy atom. The molecule has 0 amide bonds. The maximum atomic E-state index is 15.0. The minimum atomic E-state index is -1.11. The Kier molecular flexibility index (Phi) is 12.3. The number of benzene rings is 4. The number of allylic oxidation sites excluding steroid dienone is 3. The van der Waals surface area contributed by atoms with Gasteiger partial charge in [-0.25, -0.2) is 9.59 Å². The second kappa shape index (κ2) is 18.2. The first-order chi connectivity index (χ1) is 30.6. The lowest BCUT2D eigenvalue weighted by Crippen LogP contribution is -2.58. The Morgan fingerprint density at radius 2 is 1.59 bits per heavy atom. The zero-order valence-corrected chi connectivity index (χ0v) is 36.9. The second-order valence-electron chi connectivity index (χ2n) is 18.5. The largest absolute Gasteiger partial charge is 0.483 e. The maximum absolute atomic E-state index is 15.0. The van der Waals surface area contributed by atoms with Gasteiger partial charge in [-0.3, -0.25) is 4.79 Å². The molecule has 326 valence electrons. The molecule has 0 radical (unpaired) electrons. The van der Waals surface area contributed by atoms with Gasteiger partial charge in [0.2, 0.25) is 0 Å². The van der Waals surface area contributed by atoms with Crippen molar-refractivity contribution in [3.05, 3.63) is 170 Å². The van der Waals surface area contributed by atoms with E-state index >= 15 is 0 Å². The van der Waals surface area contributed by atoms with Gasteiger partial charge in [0.1, 0.15) is 16.9 Å². The normalized spacial score (nSPS) is 25.1. The van der Waals surface area contributed by atoms with Crippen LogP contribution in [0.5, 0.6) is 5.75 Å². The number of hydrogen-bond donors (Lipinski definition) is 0. The standard InChI is InChI=1S/C55H58O8/c1-34(2)45-24-19-35-17-20-38(21-18-35)46-25-22-40(39-14-10-13-37(30-39)29-36-11-6-5-7-12-36)31-43(46)33-48(56)60-51-49-47(26-23-41-32-42(27-28-59-4)53(57)61-50(41)49)63-55(3,44-15-8-9-16-44)52(51)62-54(45)58/h5-7,10-14,17-18,20-23,25-26,30,32,40,43-44,46,51-52H,8-9,15-16,19,24,27-29,31,33H2,1-4H3/t40-,43+,46+,51-,52+,55+/m1/s1. The molecule has 10 rings (SSSR count). The molecule has 2 aliphatic carbocycles. The average molecular weight is 847 g/mol. The average Bonchev–Trinajstić information content (AvgIpc) is 3.84. The van der Waals surface area contributed by atoms with Crippen LogP contribution >= 0.6 is 0 Å². The Bertz CT molecular complexity index is 2590. The molecule has 0 spiro atoms. The van der Waals surface area contributed by atoms with Gasteiger partial charge in [0.25, 0.3) is 0 Å². The van der Waals surface area contributed by atoms with Crippen LogP contribution in [-0.2, 0) is 43.1 Å². The summed E-state index contributed by atoms with van der Waals surface area (Å²) in [6, 6.07) is 33.5. The minimum absolute atomic E-state index is 0.0220. The number of carbonyl (C=O) groups excluding carboxylic acids is 2. The fraction of sp³-hybridized carbons (Fsp3) is 0.400. The zero-order chi connectivity index (χ0) is 43.7. The Hall–Kier alpha value is -5.73. The lowest BCUT2D eigenvalue weighted by molar-refractivity contribution is -0.199. The molecular formula is C55H58O8. The van der Waals surface area contributed by atoms with Gasteiger partial charge in [-0.2, -0.15) is 0 Å². The number of ether oxygens (including phenoxy) is 4. The summed E-state index contributed by atoms with van der Waals surface area (Å²) in [5, 5.41) is 0.656. The first-order valence-corrected chi connectivity index (χ1v) is 22.8. The third-order valence-electron chi connectivity index (χ3n) is 14.2. The Labute approximate surface area is 370 Å². The monoisotopic (exact) mass is 846 g/mol. The van der Waals surface area contributed by atoms with E-state index in [1.165, 1.54) is 16.7 Å². The van der Waals surface area contributed by atoms with Crippen LogP contribution in [0.15, 0.2) is 130 Å². The number of hydrogen-bond acceptors (Lipinski definition) is 8. The van der Waals surface area contributed by atoms with Crippen LogP contribution in [0.1, 0.15) is 123 Å². The molecule has 0 unspecified atom stereocenters. The first-order valence-electron chi connectivity index (χ1n) is 22.8. The number of rotatable bonds is 7. The molecule has 4 aromatic carbocycles. The molecular weight excluding hydrogens is 789 g/mol. The van der Waals surface area contributed by atoms with E-state index in [1.807, 2.05) is 45.0 Å². The fourth-order valence-corrected chi connectivity index (χ4v) is 10.7. The van der Waals surface area contributed by atoms with E-state index in [1.54, 1.807) is 7.11 Å². The third-order valence-corrected chi connectivity index (χ3v) is 14.2. The van der Waals surface area contributed by atoms with Crippen molar-refractivity contribution in [3.63, 3.8) is 0 Å². The quantitative estimate of drug-likeness (QED) is 0.0691. The van der Waals surface area contributed by atoms with E-state index in [0.29, 0.717) is 53.7 Å². The van der Waals surface area contributed by atoms with Gasteiger partial charge in [0, 0.05) is 54.2 Å². The number of methoxy groups -OCH3 is 1. The Morgan fingerprint density at radius 1 is 0.810 bits per heavy atom. The molecule has 0 N–H and O–H groups in total. The van der Waals surface area contributed by atoms with Crippen LogP contribution < -0.4 is 10.4 Å². The zero-order valence-electron chi connectivity index (χ0n) is 36.9. The van der Waals surface area contributed by atoms with Crippen LogP contribution in [0.25, 0.3) is 11.0 Å². The van der Waals surface area contributed by atoms with E-state index in [-0.39, 0.29) is 35.7 Å². The fourth-order valence-electron chi connectivity index (χ4n) is 10.7. The highest BCUT2D eigenvalue weighted by atomic mass is 16.6. The molecule has 1 aromatic heterocycles. The van der Waals surface area contributed by atoms with Crippen LogP contribution in [-0.4, -0.2) is 37.4 Å². The maximum Gasteiger partial charge on any atom is 0.339 e. The van der Waals surface area contributed by atoms with Gasteiger partial charge in [-0.1, -0.05) is 109 Å². The highest BCUT2D eigenvalue weighted by Crippen LogP contribution is 2.52. The molecule has 6 atom stereocenters. The van der Waals surface area contributed by atoms with E-state index in [9.17, 15) is 14.4 Å². The molecule has 8 nitrogen and oxygen atoms in total. The predicted octanol–water partition coefficient (Wildman–Crippen LogP) is 11.2. The van der Waals surface area contributed by atoms with Crippen molar-refractivity contribution in [2.45, 2.75) is 115 Å². The summed E-state index contributed by atoms with van der Waals surface area (Å²) >= 11 is 0. The first kappa shape index (κ1) is 42.6. The number of carbonyl (C=O) groups is 2. The van der Waals surface area contributed by atoms with E-state index < -0.39 is 35.4 Å². The van der Waals surface area contributed by atoms with Crippen LogP contribution in [0.2, 0.25) is 0 Å². The van der Waals surface area contributed by atoms with Crippen molar-refractivity contribution >= 4 is 22.9 Å². The molecule has 1 fully saturated rings. The summed E-state index contributed by atoms with van der Waals surface area (Å²) in [6.07, 6.45) is 9.46.